The fourth-order valence-corrected chi connectivity index (χ4v) is 3.34. The van der Waals surface area contributed by atoms with E-state index < -0.39 is 0 Å². The van der Waals surface area contributed by atoms with Crippen LogP contribution in [0.3, 0.4) is 0 Å². The number of carbonyl (C=O) groups is 1. The van der Waals surface area contributed by atoms with Crippen LogP contribution in [0.15, 0.2) is 0 Å². The summed E-state index contributed by atoms with van der Waals surface area (Å²) in [6.45, 7) is 6.46. The molecular formula is C15H29N3O. The Labute approximate surface area is 117 Å². The SMILES string of the molecule is CCCC[C@H](N)C(=O)N1CCC(N2CCCC2)CC1. The molecule has 2 heterocycles. The summed E-state index contributed by atoms with van der Waals surface area (Å²) >= 11 is 0. The van der Waals surface area contributed by atoms with E-state index in [1.807, 2.05) is 4.90 Å². The number of nitrogens with two attached hydrogens (primary N) is 1. The van der Waals surface area contributed by atoms with Gasteiger partial charge in [-0.25, -0.2) is 0 Å². The maximum atomic E-state index is 12.2. The van der Waals surface area contributed by atoms with E-state index in [1.165, 1.54) is 25.9 Å². The molecule has 2 N–H and O–H groups in total. The van der Waals surface area contributed by atoms with Crippen LogP contribution in [0.2, 0.25) is 0 Å². The molecule has 1 atom stereocenters. The highest BCUT2D eigenvalue weighted by Gasteiger charge is 2.29. The molecule has 2 rings (SSSR count). The predicted molar refractivity (Wildman–Crippen MR) is 77.9 cm³/mol. The summed E-state index contributed by atoms with van der Waals surface area (Å²) in [5.74, 6) is 0.174. The third-order valence-electron chi connectivity index (χ3n) is 4.62. The van der Waals surface area contributed by atoms with E-state index in [-0.39, 0.29) is 11.9 Å². The molecule has 0 saturated carbocycles. The Morgan fingerprint density at radius 1 is 1.21 bits per heavy atom. The summed E-state index contributed by atoms with van der Waals surface area (Å²) in [5, 5.41) is 0. The average molecular weight is 267 g/mol. The lowest BCUT2D eigenvalue weighted by Crippen LogP contribution is -2.50. The van der Waals surface area contributed by atoms with Crippen LogP contribution in [0, 0.1) is 0 Å². The van der Waals surface area contributed by atoms with E-state index in [2.05, 4.69) is 11.8 Å². The highest BCUT2D eigenvalue weighted by atomic mass is 16.2. The monoisotopic (exact) mass is 267 g/mol. The van der Waals surface area contributed by atoms with Gasteiger partial charge in [0.15, 0.2) is 0 Å². The Kier molecular flexibility index (Phi) is 5.64. The molecule has 110 valence electrons. The number of nitrogens with zero attached hydrogens (tertiary/aromatic N) is 2. The minimum absolute atomic E-state index is 0.174. The van der Waals surface area contributed by atoms with Gasteiger partial charge in [-0.1, -0.05) is 19.8 Å². The molecule has 0 bridgehead atoms. The molecule has 0 unspecified atom stereocenters. The zero-order valence-corrected chi connectivity index (χ0v) is 12.3. The summed E-state index contributed by atoms with van der Waals surface area (Å²) in [5.41, 5.74) is 5.99. The Bertz CT molecular complexity index is 281. The van der Waals surface area contributed by atoms with Gasteiger partial charge in [-0.2, -0.15) is 0 Å². The number of hydrogen-bond acceptors (Lipinski definition) is 3. The third-order valence-corrected chi connectivity index (χ3v) is 4.62. The zero-order chi connectivity index (χ0) is 13.7. The molecule has 0 aromatic carbocycles. The van der Waals surface area contributed by atoms with Crippen LogP contribution in [-0.4, -0.2) is 54.0 Å². The molecule has 2 fully saturated rings. The maximum Gasteiger partial charge on any atom is 0.239 e. The van der Waals surface area contributed by atoms with Crippen molar-refractivity contribution < 1.29 is 4.79 Å². The molecule has 4 nitrogen and oxygen atoms in total. The van der Waals surface area contributed by atoms with Gasteiger partial charge in [0.05, 0.1) is 6.04 Å². The molecule has 2 saturated heterocycles. The Morgan fingerprint density at radius 2 is 1.84 bits per heavy atom. The van der Waals surface area contributed by atoms with Crippen molar-refractivity contribution in [3.05, 3.63) is 0 Å². The van der Waals surface area contributed by atoms with E-state index in [1.54, 1.807) is 0 Å². The van der Waals surface area contributed by atoms with Crippen LogP contribution in [0.5, 0.6) is 0 Å². The second kappa shape index (κ2) is 7.25. The first kappa shape index (κ1) is 14.8. The Balaban J connectivity index is 1.74. The summed E-state index contributed by atoms with van der Waals surface area (Å²) in [7, 11) is 0. The van der Waals surface area contributed by atoms with Gasteiger partial charge < -0.3 is 15.5 Å². The lowest BCUT2D eigenvalue weighted by Gasteiger charge is -2.37. The highest BCUT2D eigenvalue weighted by Crippen LogP contribution is 2.21. The van der Waals surface area contributed by atoms with E-state index in [4.69, 9.17) is 5.73 Å². The predicted octanol–water partition coefficient (Wildman–Crippen LogP) is 1.59. The van der Waals surface area contributed by atoms with Crippen LogP contribution < -0.4 is 5.73 Å². The van der Waals surface area contributed by atoms with Crippen LogP contribution >= 0.6 is 0 Å². The summed E-state index contributed by atoms with van der Waals surface area (Å²) in [4.78, 5) is 16.8. The first-order chi connectivity index (χ1) is 9.22. The molecular weight excluding hydrogens is 238 g/mol. The minimum atomic E-state index is -0.275. The van der Waals surface area contributed by atoms with E-state index >= 15 is 0 Å². The molecule has 0 aromatic rings. The van der Waals surface area contributed by atoms with Gasteiger partial charge in [-0.3, -0.25) is 4.79 Å². The van der Waals surface area contributed by atoms with E-state index in [0.717, 1.165) is 45.2 Å². The van der Waals surface area contributed by atoms with E-state index in [9.17, 15) is 4.79 Å². The molecule has 2 aliphatic rings. The van der Waals surface area contributed by atoms with Crippen molar-refractivity contribution in [3.63, 3.8) is 0 Å². The largest absolute Gasteiger partial charge is 0.341 e. The molecule has 2 aliphatic heterocycles. The molecule has 1 amide bonds. The van der Waals surface area contributed by atoms with Crippen molar-refractivity contribution in [1.82, 2.24) is 9.80 Å². The molecule has 19 heavy (non-hydrogen) atoms. The lowest BCUT2D eigenvalue weighted by molar-refractivity contribution is -0.134. The first-order valence-electron chi connectivity index (χ1n) is 8.00. The van der Waals surface area contributed by atoms with Gasteiger partial charge in [0.25, 0.3) is 0 Å². The summed E-state index contributed by atoms with van der Waals surface area (Å²) in [6, 6.07) is 0.432. The third kappa shape index (κ3) is 3.93. The fraction of sp³-hybridized carbons (Fsp3) is 0.933. The van der Waals surface area contributed by atoms with Crippen molar-refractivity contribution in [2.45, 2.75) is 64.0 Å². The van der Waals surface area contributed by atoms with Crippen LogP contribution in [-0.2, 0) is 4.79 Å². The van der Waals surface area contributed by atoms with Crippen molar-refractivity contribution in [2.24, 2.45) is 5.73 Å². The smallest absolute Gasteiger partial charge is 0.239 e. The van der Waals surface area contributed by atoms with Crippen LogP contribution in [0.1, 0.15) is 51.9 Å². The van der Waals surface area contributed by atoms with Gasteiger partial charge in [-0.05, 0) is 45.2 Å². The quantitative estimate of drug-likeness (QED) is 0.823. The second-order valence-corrected chi connectivity index (χ2v) is 6.05. The normalized spacial score (nSPS) is 23.8. The minimum Gasteiger partial charge on any atom is -0.341 e. The molecule has 4 heteroatoms. The standard InChI is InChI=1S/C15H29N3O/c1-2-3-6-14(16)15(19)18-11-7-13(8-12-18)17-9-4-5-10-17/h13-14H,2-12,16H2,1H3/t14-/m0/s1. The number of likely N-dealkylation sites (tertiary alicyclic amines) is 2. The van der Waals surface area contributed by atoms with Gasteiger partial charge >= 0.3 is 0 Å². The van der Waals surface area contributed by atoms with Gasteiger partial charge in [0.2, 0.25) is 5.91 Å². The first-order valence-corrected chi connectivity index (χ1v) is 8.00. The average Bonchev–Trinajstić information content (AvgIpc) is 2.98. The zero-order valence-electron chi connectivity index (χ0n) is 12.3. The maximum absolute atomic E-state index is 12.2. The van der Waals surface area contributed by atoms with Crippen molar-refractivity contribution in [3.8, 4) is 0 Å². The topological polar surface area (TPSA) is 49.6 Å². The summed E-state index contributed by atoms with van der Waals surface area (Å²) in [6.07, 6.45) is 7.96. The number of amides is 1. The lowest BCUT2D eigenvalue weighted by atomic mass is 10.0. The highest BCUT2D eigenvalue weighted by molar-refractivity contribution is 5.81. The number of rotatable bonds is 5. The van der Waals surface area contributed by atoms with Gasteiger partial charge in [0.1, 0.15) is 0 Å². The van der Waals surface area contributed by atoms with Gasteiger partial charge in [0, 0.05) is 19.1 Å². The van der Waals surface area contributed by atoms with Crippen LogP contribution in [0.4, 0.5) is 0 Å². The Morgan fingerprint density at radius 3 is 2.42 bits per heavy atom. The van der Waals surface area contributed by atoms with Crippen molar-refractivity contribution in [1.29, 1.82) is 0 Å². The summed E-state index contributed by atoms with van der Waals surface area (Å²) < 4.78 is 0. The molecule has 0 radical (unpaired) electrons. The number of unbranched alkanes of at least 4 members (excludes halogenated alkanes) is 1. The molecule has 0 aliphatic carbocycles. The second-order valence-electron chi connectivity index (χ2n) is 6.05. The number of piperidine rings is 1. The van der Waals surface area contributed by atoms with Crippen molar-refractivity contribution in [2.75, 3.05) is 26.2 Å². The van der Waals surface area contributed by atoms with E-state index in [0.29, 0.717) is 6.04 Å². The molecule has 0 spiro atoms. The fourth-order valence-electron chi connectivity index (χ4n) is 3.34. The number of hydrogen-bond donors (Lipinski definition) is 1. The van der Waals surface area contributed by atoms with Gasteiger partial charge in [-0.15, -0.1) is 0 Å². The van der Waals surface area contributed by atoms with Crippen LogP contribution in [0.25, 0.3) is 0 Å². The Hall–Kier alpha value is -0.610. The number of carbonyl (C=O) groups excluding carboxylic acids is 1. The molecule has 0 aromatic heterocycles. The van der Waals surface area contributed by atoms with Crippen molar-refractivity contribution >= 4 is 5.91 Å².